The predicted octanol–water partition coefficient (Wildman–Crippen LogP) is 2.32. The van der Waals surface area contributed by atoms with Gasteiger partial charge in [0.1, 0.15) is 5.75 Å². The first-order valence-corrected chi connectivity index (χ1v) is 4.08. The van der Waals surface area contributed by atoms with E-state index < -0.39 is 0 Å². The van der Waals surface area contributed by atoms with Gasteiger partial charge < -0.3 is 9.84 Å². The molecule has 0 radical (unpaired) electrons. The highest BCUT2D eigenvalue weighted by Crippen LogP contribution is 2.12. The summed E-state index contributed by atoms with van der Waals surface area (Å²) >= 11 is 0. The van der Waals surface area contributed by atoms with E-state index in [2.05, 4.69) is 0 Å². The molecule has 0 fully saturated rings. The Balaban J connectivity index is 2.52. The zero-order valence-corrected chi connectivity index (χ0v) is 7.45. The molecule has 0 bridgehead atoms. The molecule has 0 amide bonds. The van der Waals surface area contributed by atoms with E-state index in [1.54, 1.807) is 12.1 Å². The molecule has 1 aromatic carbocycles. The second-order valence-corrected chi connectivity index (χ2v) is 3.03. The van der Waals surface area contributed by atoms with Crippen molar-refractivity contribution in [1.29, 1.82) is 0 Å². The topological polar surface area (TPSA) is 29.5 Å². The molecule has 66 valence electrons. The Kier molecular flexibility index (Phi) is 3.11. The fourth-order valence-electron chi connectivity index (χ4n) is 0.909. The minimum absolute atomic E-state index is 0.229. The lowest BCUT2D eigenvalue weighted by molar-refractivity contribution is 0.0656. The van der Waals surface area contributed by atoms with Gasteiger partial charge >= 0.3 is 0 Å². The Labute approximate surface area is 72.8 Å². The van der Waals surface area contributed by atoms with Gasteiger partial charge in [0.15, 0.2) is 0 Å². The van der Waals surface area contributed by atoms with Crippen molar-refractivity contribution in [2.24, 2.45) is 0 Å². The SMILES string of the molecule is CC(C)OCc1cccc(O)c1. The lowest BCUT2D eigenvalue weighted by Gasteiger charge is -2.07. The van der Waals surface area contributed by atoms with Crippen LogP contribution in [0.15, 0.2) is 24.3 Å². The molecule has 1 rings (SSSR count). The van der Waals surface area contributed by atoms with E-state index in [1.165, 1.54) is 0 Å². The van der Waals surface area contributed by atoms with Crippen molar-refractivity contribution < 1.29 is 9.84 Å². The van der Waals surface area contributed by atoms with Crippen LogP contribution >= 0.6 is 0 Å². The summed E-state index contributed by atoms with van der Waals surface area (Å²) in [5.74, 6) is 0.292. The lowest BCUT2D eigenvalue weighted by atomic mass is 10.2. The zero-order valence-electron chi connectivity index (χ0n) is 7.45. The molecule has 0 aromatic heterocycles. The monoisotopic (exact) mass is 166 g/mol. The van der Waals surface area contributed by atoms with Crippen LogP contribution in [0.2, 0.25) is 0 Å². The Morgan fingerprint density at radius 2 is 2.17 bits per heavy atom. The lowest BCUT2D eigenvalue weighted by Crippen LogP contribution is -2.01. The average Bonchev–Trinajstić information content (AvgIpc) is 2.01. The van der Waals surface area contributed by atoms with E-state index in [-0.39, 0.29) is 6.10 Å². The van der Waals surface area contributed by atoms with E-state index in [4.69, 9.17) is 9.84 Å². The fourth-order valence-corrected chi connectivity index (χ4v) is 0.909. The summed E-state index contributed by atoms with van der Waals surface area (Å²) in [6, 6.07) is 7.11. The first-order valence-electron chi connectivity index (χ1n) is 4.08. The normalized spacial score (nSPS) is 10.6. The molecule has 12 heavy (non-hydrogen) atoms. The molecule has 0 saturated heterocycles. The van der Waals surface area contributed by atoms with Crippen LogP contribution in [-0.4, -0.2) is 11.2 Å². The number of phenols is 1. The predicted molar refractivity (Wildman–Crippen MR) is 48.0 cm³/mol. The van der Waals surface area contributed by atoms with Crippen LogP contribution in [0.4, 0.5) is 0 Å². The van der Waals surface area contributed by atoms with Crippen molar-refractivity contribution in [3.63, 3.8) is 0 Å². The number of ether oxygens (including phenoxy) is 1. The van der Waals surface area contributed by atoms with Crippen molar-refractivity contribution in [3.05, 3.63) is 29.8 Å². The Bertz CT molecular complexity index is 243. The second-order valence-electron chi connectivity index (χ2n) is 3.03. The summed E-state index contributed by atoms with van der Waals surface area (Å²) in [7, 11) is 0. The summed E-state index contributed by atoms with van der Waals surface area (Å²) in [5.41, 5.74) is 1.00. The zero-order chi connectivity index (χ0) is 8.97. The smallest absolute Gasteiger partial charge is 0.115 e. The summed E-state index contributed by atoms with van der Waals surface area (Å²) in [6.45, 7) is 4.54. The molecular weight excluding hydrogens is 152 g/mol. The molecule has 0 aliphatic carbocycles. The summed E-state index contributed by atoms with van der Waals surface area (Å²) < 4.78 is 5.37. The van der Waals surface area contributed by atoms with Crippen LogP contribution in [0, 0.1) is 0 Å². The number of benzene rings is 1. The van der Waals surface area contributed by atoms with Gasteiger partial charge in [0.05, 0.1) is 12.7 Å². The molecule has 1 aromatic rings. The fraction of sp³-hybridized carbons (Fsp3) is 0.400. The minimum Gasteiger partial charge on any atom is -0.508 e. The molecule has 2 heteroatoms. The number of aromatic hydroxyl groups is 1. The van der Waals surface area contributed by atoms with E-state index in [0.717, 1.165) is 5.56 Å². The molecule has 0 aliphatic heterocycles. The minimum atomic E-state index is 0.229. The first-order chi connectivity index (χ1) is 5.68. The van der Waals surface area contributed by atoms with Gasteiger partial charge in [-0.05, 0) is 31.5 Å². The van der Waals surface area contributed by atoms with E-state index >= 15 is 0 Å². The molecule has 0 atom stereocenters. The van der Waals surface area contributed by atoms with Gasteiger partial charge in [0.25, 0.3) is 0 Å². The van der Waals surface area contributed by atoms with Crippen LogP contribution in [0.3, 0.4) is 0 Å². The van der Waals surface area contributed by atoms with Crippen LogP contribution < -0.4 is 0 Å². The van der Waals surface area contributed by atoms with Gasteiger partial charge in [-0.15, -0.1) is 0 Å². The van der Waals surface area contributed by atoms with Crippen LogP contribution in [-0.2, 0) is 11.3 Å². The highest BCUT2D eigenvalue weighted by molar-refractivity contribution is 5.26. The number of phenolic OH excluding ortho intramolecular Hbond substituents is 1. The van der Waals surface area contributed by atoms with Crippen LogP contribution in [0.5, 0.6) is 5.75 Å². The number of hydrogen-bond acceptors (Lipinski definition) is 2. The number of hydrogen-bond donors (Lipinski definition) is 1. The number of rotatable bonds is 3. The van der Waals surface area contributed by atoms with Gasteiger partial charge in [-0.1, -0.05) is 12.1 Å². The molecule has 0 saturated carbocycles. The maximum absolute atomic E-state index is 9.12. The molecule has 0 unspecified atom stereocenters. The van der Waals surface area contributed by atoms with Crippen molar-refractivity contribution >= 4 is 0 Å². The molecule has 0 spiro atoms. The molecule has 0 aliphatic rings. The van der Waals surface area contributed by atoms with Gasteiger partial charge in [-0.2, -0.15) is 0 Å². The third-order valence-electron chi connectivity index (χ3n) is 1.49. The summed E-state index contributed by atoms with van der Waals surface area (Å²) in [5, 5.41) is 9.12. The maximum Gasteiger partial charge on any atom is 0.115 e. The van der Waals surface area contributed by atoms with E-state index in [9.17, 15) is 0 Å². The average molecular weight is 166 g/mol. The molecule has 0 heterocycles. The van der Waals surface area contributed by atoms with Crippen molar-refractivity contribution in [2.45, 2.75) is 26.6 Å². The Morgan fingerprint density at radius 1 is 1.42 bits per heavy atom. The summed E-state index contributed by atoms with van der Waals surface area (Å²) in [6.07, 6.45) is 0.229. The van der Waals surface area contributed by atoms with Crippen LogP contribution in [0.25, 0.3) is 0 Å². The highest BCUT2D eigenvalue weighted by Gasteiger charge is 1.96. The maximum atomic E-state index is 9.12. The third-order valence-corrected chi connectivity index (χ3v) is 1.49. The highest BCUT2D eigenvalue weighted by atomic mass is 16.5. The van der Waals surface area contributed by atoms with Gasteiger partial charge in [-0.3, -0.25) is 0 Å². The van der Waals surface area contributed by atoms with Gasteiger partial charge in [-0.25, -0.2) is 0 Å². The van der Waals surface area contributed by atoms with Crippen molar-refractivity contribution in [1.82, 2.24) is 0 Å². The van der Waals surface area contributed by atoms with Gasteiger partial charge in [0, 0.05) is 0 Å². The molecular formula is C10H14O2. The van der Waals surface area contributed by atoms with Crippen molar-refractivity contribution in [2.75, 3.05) is 0 Å². The van der Waals surface area contributed by atoms with E-state index in [0.29, 0.717) is 12.4 Å². The summed E-state index contributed by atoms with van der Waals surface area (Å²) in [4.78, 5) is 0. The van der Waals surface area contributed by atoms with Crippen molar-refractivity contribution in [3.8, 4) is 5.75 Å². The molecule has 1 N–H and O–H groups in total. The quantitative estimate of drug-likeness (QED) is 0.746. The Hall–Kier alpha value is -1.02. The van der Waals surface area contributed by atoms with Crippen LogP contribution in [0.1, 0.15) is 19.4 Å². The molecule has 2 nitrogen and oxygen atoms in total. The second kappa shape index (κ2) is 4.12. The van der Waals surface area contributed by atoms with Gasteiger partial charge in [0.2, 0.25) is 0 Å². The standard InChI is InChI=1S/C10H14O2/c1-8(2)12-7-9-4-3-5-10(11)6-9/h3-6,8,11H,7H2,1-2H3. The largest absolute Gasteiger partial charge is 0.508 e. The third kappa shape index (κ3) is 2.93. The Morgan fingerprint density at radius 3 is 2.75 bits per heavy atom. The van der Waals surface area contributed by atoms with E-state index in [1.807, 2.05) is 26.0 Å². The first kappa shape index (κ1) is 9.07.